The summed E-state index contributed by atoms with van der Waals surface area (Å²) in [5.74, 6) is 0. The highest BCUT2D eigenvalue weighted by molar-refractivity contribution is 9.09. The van der Waals surface area contributed by atoms with Gasteiger partial charge >= 0.3 is 0 Å². The predicted molar refractivity (Wildman–Crippen MR) is 87.6 cm³/mol. The summed E-state index contributed by atoms with van der Waals surface area (Å²) in [5, 5.41) is 0. The number of benzene rings is 1. The van der Waals surface area contributed by atoms with Crippen LogP contribution in [-0.2, 0) is 5.41 Å². The normalized spacial score (nSPS) is 13.6. The Balaban J connectivity index is 0.00000137. The summed E-state index contributed by atoms with van der Waals surface area (Å²) in [5.41, 5.74) is 1.96. The highest BCUT2D eigenvalue weighted by atomic mass is 79.9. The maximum Gasteiger partial charge on any atom is 0.0169 e. The average molecular weight is 313 g/mol. The fourth-order valence-electron chi connectivity index (χ4n) is 2.27. The van der Waals surface area contributed by atoms with E-state index in [1.54, 1.807) is 0 Å². The summed E-state index contributed by atoms with van der Waals surface area (Å²) >= 11 is 3.72. The van der Waals surface area contributed by atoms with Crippen LogP contribution in [0.4, 0.5) is 0 Å². The molecule has 1 aromatic carbocycles. The minimum Gasteiger partial charge on any atom is -0.0888 e. The molecule has 0 bridgehead atoms. The molecule has 1 atom stereocenters. The van der Waals surface area contributed by atoms with Gasteiger partial charge in [-0.2, -0.15) is 0 Å². The molecule has 1 rings (SSSR count). The van der Waals surface area contributed by atoms with Gasteiger partial charge in [0.25, 0.3) is 0 Å². The number of hydrogen-bond donors (Lipinski definition) is 0. The third kappa shape index (κ3) is 5.14. The van der Waals surface area contributed by atoms with Gasteiger partial charge in [-0.15, -0.1) is 0 Å². The number of rotatable bonds is 4. The molecule has 0 heterocycles. The Bertz CT molecular complexity index is 323. The second-order valence-corrected chi connectivity index (χ2v) is 7.40. The Hall–Kier alpha value is -0.300. The maximum absolute atomic E-state index is 3.72. The maximum atomic E-state index is 3.72. The van der Waals surface area contributed by atoms with E-state index in [4.69, 9.17) is 0 Å². The molecule has 0 radical (unpaired) electrons. The van der Waals surface area contributed by atoms with Gasteiger partial charge in [-0.25, -0.2) is 0 Å². The Morgan fingerprint density at radius 1 is 1.00 bits per heavy atom. The molecule has 0 amide bonds. The molecule has 18 heavy (non-hydrogen) atoms. The third-order valence-electron chi connectivity index (χ3n) is 3.53. The molecule has 0 nitrogen and oxygen atoms in total. The fourth-order valence-corrected chi connectivity index (χ4v) is 2.43. The molecule has 1 unspecified atom stereocenters. The molecule has 0 aliphatic carbocycles. The molecule has 0 aliphatic rings. The summed E-state index contributed by atoms with van der Waals surface area (Å²) in [6, 6.07) is 10.8. The van der Waals surface area contributed by atoms with Crippen LogP contribution in [0, 0.1) is 5.41 Å². The first kappa shape index (κ1) is 17.7. The van der Waals surface area contributed by atoms with E-state index in [0.717, 1.165) is 0 Å². The molecule has 1 aromatic rings. The van der Waals surface area contributed by atoms with Gasteiger partial charge in [0, 0.05) is 4.83 Å². The summed E-state index contributed by atoms with van der Waals surface area (Å²) in [6.45, 7) is 15.6. The first-order valence-electron chi connectivity index (χ1n) is 6.95. The van der Waals surface area contributed by atoms with E-state index in [1.165, 1.54) is 12.0 Å². The van der Waals surface area contributed by atoms with Gasteiger partial charge in [0.15, 0.2) is 0 Å². The van der Waals surface area contributed by atoms with Gasteiger partial charge in [0.2, 0.25) is 0 Å². The molecule has 104 valence electrons. The molecule has 0 fully saturated rings. The van der Waals surface area contributed by atoms with Crippen molar-refractivity contribution in [3.05, 3.63) is 35.9 Å². The SMILES string of the molecule is CC.CC(Br)C(C)(C)CC(C)(C)c1ccccc1. The Morgan fingerprint density at radius 2 is 1.44 bits per heavy atom. The Kier molecular flexibility index (Phi) is 7.21. The number of hydrogen-bond acceptors (Lipinski definition) is 0. The van der Waals surface area contributed by atoms with Crippen LogP contribution < -0.4 is 0 Å². The van der Waals surface area contributed by atoms with Gasteiger partial charge in [0.1, 0.15) is 0 Å². The van der Waals surface area contributed by atoms with E-state index >= 15 is 0 Å². The van der Waals surface area contributed by atoms with Gasteiger partial charge in [-0.3, -0.25) is 0 Å². The first-order valence-corrected chi connectivity index (χ1v) is 7.87. The molecular formula is C17H29Br. The average Bonchev–Trinajstić information content (AvgIpc) is 2.31. The van der Waals surface area contributed by atoms with Crippen molar-refractivity contribution in [3.8, 4) is 0 Å². The summed E-state index contributed by atoms with van der Waals surface area (Å²) in [6.07, 6.45) is 1.18. The van der Waals surface area contributed by atoms with Crippen LogP contribution in [0.1, 0.15) is 60.5 Å². The molecule has 0 spiro atoms. The van der Waals surface area contributed by atoms with Crippen LogP contribution in [0.25, 0.3) is 0 Å². The van der Waals surface area contributed by atoms with Crippen molar-refractivity contribution < 1.29 is 0 Å². The van der Waals surface area contributed by atoms with Crippen LogP contribution in [0.15, 0.2) is 30.3 Å². The summed E-state index contributed by atoms with van der Waals surface area (Å²) < 4.78 is 0. The van der Waals surface area contributed by atoms with Crippen LogP contribution in [-0.4, -0.2) is 4.83 Å². The molecule has 0 aliphatic heterocycles. The monoisotopic (exact) mass is 312 g/mol. The molecule has 0 N–H and O–H groups in total. The molecule has 0 saturated heterocycles. The van der Waals surface area contributed by atoms with Crippen LogP contribution >= 0.6 is 15.9 Å². The third-order valence-corrected chi connectivity index (χ3v) is 4.77. The lowest BCUT2D eigenvalue weighted by atomic mass is 9.70. The Morgan fingerprint density at radius 3 is 1.83 bits per heavy atom. The zero-order valence-electron chi connectivity index (χ0n) is 13.0. The van der Waals surface area contributed by atoms with Gasteiger partial charge in [-0.05, 0) is 22.8 Å². The largest absolute Gasteiger partial charge is 0.0888 e. The lowest BCUT2D eigenvalue weighted by molar-refractivity contribution is 0.259. The summed E-state index contributed by atoms with van der Waals surface area (Å²) in [4.78, 5) is 0.531. The number of alkyl halides is 1. The topological polar surface area (TPSA) is 0 Å². The van der Waals surface area contributed by atoms with Gasteiger partial charge < -0.3 is 0 Å². The Labute approximate surface area is 122 Å². The number of halogens is 1. The van der Waals surface area contributed by atoms with E-state index < -0.39 is 0 Å². The fraction of sp³-hybridized carbons (Fsp3) is 0.647. The van der Waals surface area contributed by atoms with E-state index in [-0.39, 0.29) is 5.41 Å². The van der Waals surface area contributed by atoms with Crippen molar-refractivity contribution >= 4 is 15.9 Å². The van der Waals surface area contributed by atoms with Gasteiger partial charge in [-0.1, -0.05) is 94.7 Å². The van der Waals surface area contributed by atoms with Gasteiger partial charge in [0.05, 0.1) is 0 Å². The highest BCUT2D eigenvalue weighted by Crippen LogP contribution is 2.40. The van der Waals surface area contributed by atoms with Crippen LogP contribution in [0.3, 0.4) is 0 Å². The van der Waals surface area contributed by atoms with Crippen molar-refractivity contribution in [3.63, 3.8) is 0 Å². The second kappa shape index (κ2) is 7.33. The molecule has 0 aromatic heterocycles. The van der Waals surface area contributed by atoms with Crippen molar-refractivity contribution in [2.24, 2.45) is 5.41 Å². The predicted octanol–water partition coefficient (Wildman–Crippen LogP) is 6.19. The zero-order valence-corrected chi connectivity index (χ0v) is 14.6. The van der Waals surface area contributed by atoms with E-state index in [1.807, 2.05) is 13.8 Å². The lowest BCUT2D eigenvalue weighted by Crippen LogP contribution is -2.31. The minimum absolute atomic E-state index is 0.229. The molecular weight excluding hydrogens is 284 g/mol. The standard InChI is InChI=1S/C15H23Br.C2H6/c1-12(16)14(2,3)11-15(4,5)13-9-7-6-8-10-13;1-2/h6-10,12H,11H2,1-5H3;1-2H3. The summed E-state index contributed by atoms with van der Waals surface area (Å²) in [7, 11) is 0. The van der Waals surface area contributed by atoms with Crippen molar-refractivity contribution in [2.45, 2.75) is 65.1 Å². The van der Waals surface area contributed by atoms with Crippen molar-refractivity contribution in [1.29, 1.82) is 0 Å². The van der Waals surface area contributed by atoms with E-state index in [0.29, 0.717) is 10.2 Å². The zero-order chi connectivity index (χ0) is 14.4. The smallest absolute Gasteiger partial charge is 0.0169 e. The minimum atomic E-state index is 0.229. The lowest BCUT2D eigenvalue weighted by Gasteiger charge is -2.37. The molecule has 0 saturated carbocycles. The second-order valence-electron chi connectivity index (χ2n) is 6.03. The van der Waals surface area contributed by atoms with E-state index in [2.05, 4.69) is 80.9 Å². The molecule has 1 heteroatoms. The van der Waals surface area contributed by atoms with Crippen LogP contribution in [0.2, 0.25) is 0 Å². The van der Waals surface area contributed by atoms with E-state index in [9.17, 15) is 0 Å². The highest BCUT2D eigenvalue weighted by Gasteiger charge is 2.32. The van der Waals surface area contributed by atoms with Crippen LogP contribution in [0.5, 0.6) is 0 Å². The van der Waals surface area contributed by atoms with Crippen molar-refractivity contribution in [2.75, 3.05) is 0 Å². The first-order chi connectivity index (χ1) is 8.26. The quantitative estimate of drug-likeness (QED) is 0.581. The van der Waals surface area contributed by atoms with Crippen molar-refractivity contribution in [1.82, 2.24) is 0 Å².